The fourth-order valence-electron chi connectivity index (χ4n) is 2.50. The van der Waals surface area contributed by atoms with Crippen molar-refractivity contribution in [2.24, 2.45) is 0 Å². The third-order valence-corrected chi connectivity index (χ3v) is 3.56. The molecule has 2 aromatic carbocycles. The van der Waals surface area contributed by atoms with Crippen molar-refractivity contribution in [3.05, 3.63) is 53.1 Å². The van der Waals surface area contributed by atoms with Crippen LogP contribution in [0.3, 0.4) is 0 Å². The Labute approximate surface area is 132 Å². The van der Waals surface area contributed by atoms with Crippen LogP contribution in [0, 0.1) is 20.8 Å². The Morgan fingerprint density at radius 3 is 1.95 bits per heavy atom. The van der Waals surface area contributed by atoms with Crippen LogP contribution in [-0.4, -0.2) is 20.1 Å². The van der Waals surface area contributed by atoms with E-state index in [0.717, 1.165) is 28.2 Å². The van der Waals surface area contributed by atoms with Gasteiger partial charge in [0.05, 0.1) is 0 Å². The van der Waals surface area contributed by atoms with Crippen molar-refractivity contribution in [2.75, 3.05) is 29.6 Å². The molecule has 116 valence electrons. The molecule has 0 aliphatic heterocycles. The number of nitrogens with zero attached hydrogens (tertiary/aromatic N) is 1. The van der Waals surface area contributed by atoms with Crippen molar-refractivity contribution in [3.8, 4) is 0 Å². The maximum atomic E-state index is 12.2. The van der Waals surface area contributed by atoms with Gasteiger partial charge < -0.3 is 15.5 Å². The maximum Gasteiger partial charge on any atom is 0.323 e. The summed E-state index contributed by atoms with van der Waals surface area (Å²) in [6.45, 7) is 6.05. The Morgan fingerprint density at radius 2 is 1.45 bits per heavy atom. The van der Waals surface area contributed by atoms with E-state index < -0.39 is 0 Å². The Morgan fingerprint density at radius 1 is 0.909 bits per heavy atom. The standard InChI is InChI=1S/C18H23N3O/c1-12-10-13(2)17(14(3)11-12)20-18(22)19-15-6-8-16(9-7-15)21(4)5/h6-11H,1-5H3,(H2,19,20,22). The number of amides is 2. The molecule has 0 aliphatic rings. The smallest absolute Gasteiger partial charge is 0.323 e. The van der Waals surface area contributed by atoms with Gasteiger partial charge in [-0.2, -0.15) is 0 Å². The monoisotopic (exact) mass is 297 g/mol. The van der Waals surface area contributed by atoms with Crippen LogP contribution in [0.15, 0.2) is 36.4 Å². The second-order valence-electron chi connectivity index (χ2n) is 5.79. The van der Waals surface area contributed by atoms with E-state index >= 15 is 0 Å². The molecule has 2 rings (SSSR count). The Bertz CT molecular complexity index is 652. The largest absolute Gasteiger partial charge is 0.378 e. The Hall–Kier alpha value is -2.49. The maximum absolute atomic E-state index is 12.2. The van der Waals surface area contributed by atoms with Gasteiger partial charge in [-0.25, -0.2) is 4.79 Å². The predicted octanol–water partition coefficient (Wildman–Crippen LogP) is 4.32. The van der Waals surface area contributed by atoms with Crippen LogP contribution in [0.4, 0.5) is 21.9 Å². The predicted molar refractivity (Wildman–Crippen MR) is 94.1 cm³/mol. The van der Waals surface area contributed by atoms with E-state index in [1.54, 1.807) is 0 Å². The van der Waals surface area contributed by atoms with Crippen molar-refractivity contribution in [1.82, 2.24) is 0 Å². The number of hydrogen-bond donors (Lipinski definition) is 2. The molecular formula is C18H23N3O. The molecule has 0 saturated carbocycles. The number of rotatable bonds is 3. The summed E-state index contributed by atoms with van der Waals surface area (Å²) in [4.78, 5) is 14.2. The molecule has 2 aromatic rings. The van der Waals surface area contributed by atoms with Gasteiger partial charge in [-0.3, -0.25) is 0 Å². The second-order valence-corrected chi connectivity index (χ2v) is 5.79. The lowest BCUT2D eigenvalue weighted by molar-refractivity contribution is 0.262. The van der Waals surface area contributed by atoms with E-state index in [2.05, 4.69) is 29.7 Å². The zero-order chi connectivity index (χ0) is 16.3. The third kappa shape index (κ3) is 3.79. The molecule has 22 heavy (non-hydrogen) atoms. The van der Waals surface area contributed by atoms with Crippen molar-refractivity contribution in [3.63, 3.8) is 0 Å². The van der Waals surface area contributed by atoms with Gasteiger partial charge in [0, 0.05) is 31.2 Å². The molecule has 0 spiro atoms. The van der Waals surface area contributed by atoms with Crippen LogP contribution in [-0.2, 0) is 0 Å². The minimum absolute atomic E-state index is 0.229. The molecule has 0 aliphatic carbocycles. The minimum Gasteiger partial charge on any atom is -0.378 e. The average molecular weight is 297 g/mol. The number of carbonyl (C=O) groups is 1. The molecule has 4 heteroatoms. The van der Waals surface area contributed by atoms with Crippen molar-refractivity contribution < 1.29 is 4.79 Å². The minimum atomic E-state index is -0.229. The molecular weight excluding hydrogens is 274 g/mol. The van der Waals surface area contributed by atoms with Gasteiger partial charge in [-0.05, 0) is 56.2 Å². The number of benzene rings is 2. The van der Waals surface area contributed by atoms with E-state index in [-0.39, 0.29) is 6.03 Å². The summed E-state index contributed by atoms with van der Waals surface area (Å²) in [5.41, 5.74) is 6.06. The number of hydrogen-bond acceptors (Lipinski definition) is 2. The number of urea groups is 1. The summed E-state index contributed by atoms with van der Waals surface area (Å²) in [6.07, 6.45) is 0. The molecule has 0 fully saturated rings. The zero-order valence-corrected chi connectivity index (χ0v) is 13.8. The summed E-state index contributed by atoms with van der Waals surface area (Å²) in [7, 11) is 3.97. The van der Waals surface area contributed by atoms with E-state index in [9.17, 15) is 4.79 Å². The number of aryl methyl sites for hydroxylation is 3. The van der Waals surface area contributed by atoms with Crippen LogP contribution >= 0.6 is 0 Å². The van der Waals surface area contributed by atoms with Gasteiger partial charge in [0.2, 0.25) is 0 Å². The number of anilines is 3. The zero-order valence-electron chi connectivity index (χ0n) is 13.8. The topological polar surface area (TPSA) is 44.4 Å². The molecule has 0 unspecified atom stereocenters. The fourth-order valence-corrected chi connectivity index (χ4v) is 2.50. The van der Waals surface area contributed by atoms with Crippen molar-refractivity contribution in [2.45, 2.75) is 20.8 Å². The van der Waals surface area contributed by atoms with Crippen LogP contribution in [0.25, 0.3) is 0 Å². The van der Waals surface area contributed by atoms with Crippen LogP contribution in [0.5, 0.6) is 0 Å². The first-order valence-corrected chi connectivity index (χ1v) is 7.30. The quantitative estimate of drug-likeness (QED) is 0.886. The van der Waals surface area contributed by atoms with Gasteiger partial charge >= 0.3 is 6.03 Å². The van der Waals surface area contributed by atoms with Crippen molar-refractivity contribution in [1.29, 1.82) is 0 Å². The molecule has 0 radical (unpaired) electrons. The van der Waals surface area contributed by atoms with Gasteiger partial charge in [0.1, 0.15) is 0 Å². The van der Waals surface area contributed by atoms with Gasteiger partial charge in [-0.15, -0.1) is 0 Å². The van der Waals surface area contributed by atoms with Crippen molar-refractivity contribution >= 4 is 23.1 Å². The summed E-state index contributed by atoms with van der Waals surface area (Å²) in [5, 5.41) is 5.79. The second kappa shape index (κ2) is 6.52. The summed E-state index contributed by atoms with van der Waals surface area (Å²) < 4.78 is 0. The number of nitrogens with one attached hydrogen (secondary N) is 2. The van der Waals surface area contributed by atoms with Crippen LogP contribution in [0.2, 0.25) is 0 Å². The fraction of sp³-hybridized carbons (Fsp3) is 0.278. The molecule has 2 amide bonds. The highest BCUT2D eigenvalue weighted by molar-refractivity contribution is 6.00. The first kappa shape index (κ1) is 15.9. The highest BCUT2D eigenvalue weighted by Crippen LogP contribution is 2.22. The molecule has 0 aromatic heterocycles. The lowest BCUT2D eigenvalue weighted by atomic mass is 10.1. The van der Waals surface area contributed by atoms with E-state index in [0.29, 0.717) is 0 Å². The van der Waals surface area contributed by atoms with Gasteiger partial charge in [0.25, 0.3) is 0 Å². The lowest BCUT2D eigenvalue weighted by Crippen LogP contribution is -2.20. The lowest BCUT2D eigenvalue weighted by Gasteiger charge is -2.15. The van der Waals surface area contributed by atoms with Crippen LogP contribution < -0.4 is 15.5 Å². The summed E-state index contributed by atoms with van der Waals surface area (Å²) in [6, 6.07) is 11.6. The van der Waals surface area contributed by atoms with E-state index in [4.69, 9.17) is 0 Å². The Kier molecular flexibility index (Phi) is 4.71. The molecule has 4 nitrogen and oxygen atoms in total. The molecule has 0 heterocycles. The molecule has 0 atom stereocenters. The highest BCUT2D eigenvalue weighted by atomic mass is 16.2. The normalized spacial score (nSPS) is 10.2. The molecule has 2 N–H and O–H groups in total. The summed E-state index contributed by atoms with van der Waals surface area (Å²) >= 11 is 0. The first-order valence-electron chi connectivity index (χ1n) is 7.30. The SMILES string of the molecule is Cc1cc(C)c(NC(=O)Nc2ccc(N(C)C)cc2)c(C)c1. The summed E-state index contributed by atoms with van der Waals surface area (Å²) in [5.74, 6) is 0. The highest BCUT2D eigenvalue weighted by Gasteiger charge is 2.08. The number of carbonyl (C=O) groups excluding carboxylic acids is 1. The average Bonchev–Trinajstić information content (AvgIpc) is 2.43. The first-order chi connectivity index (χ1) is 10.4. The third-order valence-electron chi connectivity index (χ3n) is 3.56. The van der Waals surface area contributed by atoms with Gasteiger partial charge in [0.15, 0.2) is 0 Å². The molecule has 0 saturated heterocycles. The molecule has 0 bridgehead atoms. The Balaban J connectivity index is 2.07. The van der Waals surface area contributed by atoms with Crippen LogP contribution in [0.1, 0.15) is 16.7 Å². The van der Waals surface area contributed by atoms with E-state index in [1.807, 2.05) is 57.1 Å². The van der Waals surface area contributed by atoms with Gasteiger partial charge in [-0.1, -0.05) is 17.7 Å². The van der Waals surface area contributed by atoms with E-state index in [1.165, 1.54) is 5.56 Å².